The fraction of sp³-hybridized carbons (Fsp3) is 0.111. The molecule has 0 aliphatic heterocycles. The first kappa shape index (κ1) is 18.1. The van der Waals surface area contributed by atoms with Crippen LogP contribution >= 0.6 is 11.8 Å². The van der Waals surface area contributed by atoms with Crippen LogP contribution < -0.4 is 5.32 Å². The summed E-state index contributed by atoms with van der Waals surface area (Å²) in [5.41, 5.74) is -0.764. The maximum Gasteiger partial charge on any atom is 0.433 e. The number of nitrogens with one attached hydrogen (secondary N) is 1. The van der Waals surface area contributed by atoms with Gasteiger partial charge in [0.1, 0.15) is 5.69 Å². The lowest BCUT2D eigenvalue weighted by Crippen LogP contribution is -2.13. The highest BCUT2D eigenvalue weighted by atomic mass is 32.2. The minimum Gasteiger partial charge on any atom is -0.320 e. The van der Waals surface area contributed by atoms with Crippen LogP contribution in [-0.4, -0.2) is 15.7 Å². The zero-order valence-electron chi connectivity index (χ0n) is 13.6. The van der Waals surface area contributed by atoms with Crippen LogP contribution in [0.4, 0.5) is 18.9 Å². The molecule has 0 atom stereocenters. The lowest BCUT2D eigenvalue weighted by Gasteiger charge is -2.09. The van der Waals surface area contributed by atoms with Gasteiger partial charge in [-0.15, -0.1) is 0 Å². The minimum atomic E-state index is -4.57. The fourth-order valence-corrected chi connectivity index (χ4v) is 3.23. The van der Waals surface area contributed by atoms with Gasteiger partial charge in [0.05, 0.1) is 5.69 Å². The van der Waals surface area contributed by atoms with E-state index < -0.39 is 17.8 Å². The maximum absolute atomic E-state index is 12.9. The number of hydrogen-bond acceptors (Lipinski definition) is 3. The molecule has 0 aliphatic carbocycles. The smallest absolute Gasteiger partial charge is 0.320 e. The Labute approximate surface area is 152 Å². The van der Waals surface area contributed by atoms with E-state index in [4.69, 9.17) is 0 Å². The van der Waals surface area contributed by atoms with Crippen LogP contribution in [0, 0.1) is 0 Å². The molecule has 134 valence electrons. The molecule has 0 bridgehead atoms. The zero-order chi connectivity index (χ0) is 18.7. The van der Waals surface area contributed by atoms with Crippen molar-refractivity contribution in [1.82, 2.24) is 9.78 Å². The normalized spacial score (nSPS) is 11.4. The number of nitrogens with zero attached hydrogens (tertiary/aromatic N) is 2. The van der Waals surface area contributed by atoms with Crippen LogP contribution in [0.2, 0.25) is 0 Å². The number of carbonyl (C=O) groups is 1. The second-order valence-corrected chi connectivity index (χ2v) is 6.52. The van der Waals surface area contributed by atoms with Crippen LogP contribution in [0.3, 0.4) is 0 Å². The molecule has 3 rings (SSSR count). The summed E-state index contributed by atoms with van der Waals surface area (Å²) < 4.78 is 39.2. The van der Waals surface area contributed by atoms with Crippen molar-refractivity contribution in [2.45, 2.75) is 16.0 Å². The number of amides is 1. The van der Waals surface area contributed by atoms with Crippen molar-refractivity contribution in [2.24, 2.45) is 7.05 Å². The van der Waals surface area contributed by atoms with E-state index in [1.165, 1.54) is 11.8 Å². The standard InChI is InChI=1S/C18H14F3N3OS/c1-24-16(18(19,20)21)11-14(23-24)17(25)22-13-9-5-6-10-15(13)26-12-7-3-2-4-8-12/h2-11H,1H3,(H,22,25). The van der Waals surface area contributed by atoms with E-state index in [0.29, 0.717) is 10.4 Å². The van der Waals surface area contributed by atoms with Crippen molar-refractivity contribution in [3.05, 3.63) is 72.1 Å². The van der Waals surface area contributed by atoms with Gasteiger partial charge < -0.3 is 5.32 Å². The molecule has 2 aromatic carbocycles. The molecule has 1 heterocycles. The number of carbonyl (C=O) groups excluding carboxylic acids is 1. The van der Waals surface area contributed by atoms with Gasteiger partial charge in [-0.2, -0.15) is 18.3 Å². The molecule has 0 saturated carbocycles. The van der Waals surface area contributed by atoms with Crippen molar-refractivity contribution in [3.63, 3.8) is 0 Å². The van der Waals surface area contributed by atoms with Crippen LogP contribution in [-0.2, 0) is 13.2 Å². The predicted octanol–water partition coefficient (Wildman–Crippen LogP) is 4.84. The van der Waals surface area contributed by atoms with Crippen molar-refractivity contribution in [2.75, 3.05) is 5.32 Å². The molecule has 26 heavy (non-hydrogen) atoms. The maximum atomic E-state index is 12.9. The predicted molar refractivity (Wildman–Crippen MR) is 93.2 cm³/mol. The lowest BCUT2D eigenvalue weighted by atomic mass is 10.3. The second-order valence-electron chi connectivity index (χ2n) is 5.40. The second kappa shape index (κ2) is 7.25. The van der Waals surface area contributed by atoms with Gasteiger partial charge in [-0.25, -0.2) is 0 Å². The highest BCUT2D eigenvalue weighted by Gasteiger charge is 2.35. The molecule has 4 nitrogen and oxygen atoms in total. The first-order valence-corrected chi connectivity index (χ1v) is 8.41. The van der Waals surface area contributed by atoms with E-state index in [9.17, 15) is 18.0 Å². The molecule has 0 unspecified atom stereocenters. The summed E-state index contributed by atoms with van der Waals surface area (Å²) >= 11 is 1.44. The lowest BCUT2D eigenvalue weighted by molar-refractivity contribution is -0.143. The van der Waals surface area contributed by atoms with Crippen molar-refractivity contribution < 1.29 is 18.0 Å². The molecule has 0 spiro atoms. The number of alkyl halides is 3. The summed E-state index contributed by atoms with van der Waals surface area (Å²) in [6.45, 7) is 0. The van der Waals surface area contributed by atoms with Crippen LogP contribution in [0.1, 0.15) is 16.2 Å². The Hall–Kier alpha value is -2.74. The third-order valence-electron chi connectivity index (χ3n) is 3.51. The molecular formula is C18H14F3N3OS. The SMILES string of the molecule is Cn1nc(C(=O)Nc2ccccc2Sc2ccccc2)cc1C(F)(F)F. The Balaban J connectivity index is 1.82. The fourth-order valence-electron chi connectivity index (χ4n) is 2.30. The summed E-state index contributed by atoms with van der Waals surface area (Å²) in [7, 11) is 1.15. The van der Waals surface area contributed by atoms with Gasteiger partial charge in [0.15, 0.2) is 5.69 Å². The summed E-state index contributed by atoms with van der Waals surface area (Å²) in [6.07, 6.45) is -4.57. The van der Waals surface area contributed by atoms with E-state index in [2.05, 4.69) is 10.4 Å². The number of hydrogen-bond donors (Lipinski definition) is 1. The third kappa shape index (κ3) is 4.08. The van der Waals surface area contributed by atoms with Crippen molar-refractivity contribution >= 4 is 23.4 Å². The summed E-state index contributed by atoms with van der Waals surface area (Å²) in [4.78, 5) is 14.1. The van der Waals surface area contributed by atoms with Gasteiger partial charge in [-0.1, -0.05) is 42.1 Å². The van der Waals surface area contributed by atoms with E-state index in [0.717, 1.165) is 22.9 Å². The molecule has 0 saturated heterocycles. The molecule has 1 amide bonds. The van der Waals surface area contributed by atoms with Gasteiger partial charge in [0.2, 0.25) is 0 Å². The number of aryl methyl sites for hydroxylation is 1. The van der Waals surface area contributed by atoms with Crippen LogP contribution in [0.15, 0.2) is 70.5 Å². The number of halogens is 3. The molecular weight excluding hydrogens is 363 g/mol. The molecule has 0 fully saturated rings. The third-order valence-corrected chi connectivity index (χ3v) is 4.59. The van der Waals surface area contributed by atoms with Gasteiger partial charge in [0, 0.05) is 22.9 Å². The Morgan fingerprint density at radius 2 is 1.73 bits per heavy atom. The number of rotatable bonds is 4. The first-order chi connectivity index (χ1) is 12.3. The number of anilines is 1. The Morgan fingerprint density at radius 1 is 1.08 bits per heavy atom. The summed E-state index contributed by atoms with van der Waals surface area (Å²) in [6, 6.07) is 17.4. The molecule has 0 radical (unpaired) electrons. The Bertz CT molecular complexity index is 923. The highest BCUT2D eigenvalue weighted by molar-refractivity contribution is 7.99. The largest absolute Gasteiger partial charge is 0.433 e. The van der Waals surface area contributed by atoms with Crippen molar-refractivity contribution in [3.8, 4) is 0 Å². The van der Waals surface area contributed by atoms with Gasteiger partial charge in [-0.05, 0) is 24.3 Å². The monoisotopic (exact) mass is 377 g/mol. The van der Waals surface area contributed by atoms with Crippen molar-refractivity contribution in [1.29, 1.82) is 0 Å². The molecule has 3 aromatic rings. The number of benzene rings is 2. The average Bonchev–Trinajstić information content (AvgIpc) is 3.00. The zero-order valence-corrected chi connectivity index (χ0v) is 14.4. The average molecular weight is 377 g/mol. The van der Waals surface area contributed by atoms with Gasteiger partial charge >= 0.3 is 6.18 Å². The van der Waals surface area contributed by atoms with E-state index in [-0.39, 0.29) is 5.69 Å². The summed E-state index contributed by atoms with van der Waals surface area (Å²) in [5.74, 6) is -0.697. The van der Waals surface area contributed by atoms with Gasteiger partial charge in [-0.3, -0.25) is 9.48 Å². The van der Waals surface area contributed by atoms with E-state index in [1.807, 2.05) is 42.5 Å². The number of aromatic nitrogens is 2. The first-order valence-electron chi connectivity index (χ1n) is 7.59. The van der Waals surface area contributed by atoms with E-state index >= 15 is 0 Å². The molecule has 1 aromatic heterocycles. The molecule has 1 N–H and O–H groups in total. The van der Waals surface area contributed by atoms with Crippen LogP contribution in [0.25, 0.3) is 0 Å². The Morgan fingerprint density at radius 3 is 2.38 bits per heavy atom. The van der Waals surface area contributed by atoms with Gasteiger partial charge in [0.25, 0.3) is 5.91 Å². The van der Waals surface area contributed by atoms with Crippen LogP contribution in [0.5, 0.6) is 0 Å². The minimum absolute atomic E-state index is 0.292. The Kier molecular flexibility index (Phi) is 5.03. The molecule has 8 heteroatoms. The van der Waals surface area contributed by atoms with E-state index in [1.54, 1.807) is 12.1 Å². The topological polar surface area (TPSA) is 46.9 Å². The molecule has 0 aliphatic rings. The summed E-state index contributed by atoms with van der Waals surface area (Å²) in [5, 5.41) is 6.30. The highest BCUT2D eigenvalue weighted by Crippen LogP contribution is 2.34. The quantitative estimate of drug-likeness (QED) is 0.708. The number of para-hydroxylation sites is 1.